The van der Waals surface area contributed by atoms with Gasteiger partial charge in [-0.2, -0.15) is 0 Å². The number of benzene rings is 2. The highest BCUT2D eigenvalue weighted by Gasteiger charge is 2.59. The second-order valence-corrected chi connectivity index (χ2v) is 14.1. The van der Waals surface area contributed by atoms with Gasteiger partial charge in [-0.3, -0.25) is 4.98 Å². The molecule has 0 radical (unpaired) electrons. The van der Waals surface area contributed by atoms with Crippen molar-refractivity contribution in [3.05, 3.63) is 93.3 Å². The minimum Gasteiger partial charge on any atom is -0.412 e. The Morgan fingerprint density at radius 1 is 1.10 bits per heavy atom. The number of hydrogen-bond acceptors (Lipinski definition) is 6. The van der Waals surface area contributed by atoms with E-state index in [1.165, 1.54) is 6.20 Å². The zero-order chi connectivity index (χ0) is 27.6. The number of aliphatic hydroxyl groups is 1. The molecular formula is C29H32F2N2O5S. The number of aromatic nitrogens is 1. The summed E-state index contributed by atoms with van der Waals surface area (Å²) in [5, 5.41) is 12.6. The Hall–Kier alpha value is -2.82. The molecule has 208 valence electrons. The number of nitrogens with one attached hydrogen (secondary N) is 2. The third-order valence-corrected chi connectivity index (χ3v) is 11.5. The largest absolute Gasteiger partial charge is 0.416 e. The van der Waals surface area contributed by atoms with Crippen molar-refractivity contribution >= 4 is 9.84 Å². The van der Waals surface area contributed by atoms with Crippen LogP contribution in [0.25, 0.3) is 0 Å². The van der Waals surface area contributed by atoms with Gasteiger partial charge in [-0.05, 0) is 61.8 Å². The molecule has 7 nitrogen and oxygen atoms in total. The van der Waals surface area contributed by atoms with Crippen molar-refractivity contribution in [2.24, 2.45) is 5.92 Å². The minimum absolute atomic E-state index is 0.00758. The smallest absolute Gasteiger partial charge is 0.412 e. The first-order chi connectivity index (χ1) is 18.5. The van der Waals surface area contributed by atoms with Crippen LogP contribution in [-0.4, -0.2) is 41.9 Å². The van der Waals surface area contributed by atoms with Gasteiger partial charge in [0, 0.05) is 24.3 Å². The van der Waals surface area contributed by atoms with E-state index in [4.69, 9.17) is 4.42 Å². The first-order valence-electron chi connectivity index (χ1n) is 13.4. The van der Waals surface area contributed by atoms with Gasteiger partial charge >= 0.3 is 5.76 Å². The van der Waals surface area contributed by atoms with E-state index in [-0.39, 0.29) is 42.7 Å². The van der Waals surface area contributed by atoms with E-state index in [0.717, 1.165) is 25.0 Å². The van der Waals surface area contributed by atoms with Crippen LogP contribution in [0.15, 0.2) is 57.9 Å². The summed E-state index contributed by atoms with van der Waals surface area (Å²) in [5.41, 5.74) is -1.64. The van der Waals surface area contributed by atoms with E-state index in [1.54, 1.807) is 31.2 Å². The van der Waals surface area contributed by atoms with Crippen LogP contribution in [0.5, 0.6) is 0 Å². The lowest BCUT2D eigenvalue weighted by molar-refractivity contribution is -0.0934. The molecule has 3 aromatic rings. The summed E-state index contributed by atoms with van der Waals surface area (Å²) in [6.45, 7) is 1.98. The lowest BCUT2D eigenvalue weighted by Gasteiger charge is -2.52. The Morgan fingerprint density at radius 2 is 1.82 bits per heavy atom. The molecule has 3 N–H and O–H groups in total. The summed E-state index contributed by atoms with van der Waals surface area (Å²) >= 11 is 0. The van der Waals surface area contributed by atoms with Gasteiger partial charge < -0.3 is 14.8 Å². The molecule has 1 unspecified atom stereocenters. The fourth-order valence-corrected chi connectivity index (χ4v) is 9.09. The average Bonchev–Trinajstić information content (AvgIpc) is 3.57. The summed E-state index contributed by atoms with van der Waals surface area (Å²) in [4.78, 5) is 14.2. The zero-order valence-electron chi connectivity index (χ0n) is 21.6. The van der Waals surface area contributed by atoms with Crippen LogP contribution in [0.1, 0.15) is 66.7 Å². The summed E-state index contributed by atoms with van der Waals surface area (Å²) in [6, 6.07) is 10.6. The Balaban J connectivity index is 1.32. The van der Waals surface area contributed by atoms with Crippen molar-refractivity contribution < 1.29 is 26.7 Å². The molecule has 3 fully saturated rings. The van der Waals surface area contributed by atoms with Crippen molar-refractivity contribution in [3.63, 3.8) is 0 Å². The van der Waals surface area contributed by atoms with Crippen molar-refractivity contribution in [1.82, 2.24) is 10.3 Å². The SMILES string of the molecule is C[C@@H]1NC[C@@H](c2ccccc2)S(=O)(=O)C1Cc1cc(F)c(C2(c3c[nH]c(=O)o3)CC(O)(CC3CC3)C2)cc1F. The molecular weight excluding hydrogens is 526 g/mol. The minimum atomic E-state index is -3.73. The standard InChI is InChI=1S/C29H32F2N2O5S/c1-17-24(39(36,37)25(13-32-17)19-5-3-2-4-6-19)10-20-9-23(31)21(11-22(20)30)29(26-14-33-27(34)38-26)15-28(35,16-29)12-18-7-8-18/h2-6,9,11,14,17-18,24-25,32,35H,7-8,10,12-13,15-16H2,1H3,(H,33,34)/t17-,24?,25-,28?,29?/m0/s1. The number of oxazole rings is 1. The number of halogens is 2. The number of sulfone groups is 1. The van der Waals surface area contributed by atoms with E-state index >= 15 is 8.78 Å². The number of aromatic amines is 1. The van der Waals surface area contributed by atoms with Crippen molar-refractivity contribution in [2.45, 2.75) is 73.0 Å². The highest BCUT2D eigenvalue weighted by atomic mass is 32.2. The van der Waals surface area contributed by atoms with Gasteiger partial charge in [-0.1, -0.05) is 43.2 Å². The second kappa shape index (κ2) is 9.38. The van der Waals surface area contributed by atoms with Gasteiger partial charge in [-0.25, -0.2) is 22.0 Å². The second-order valence-electron chi connectivity index (χ2n) is 11.7. The lowest BCUT2D eigenvalue weighted by Crippen LogP contribution is -2.56. The monoisotopic (exact) mass is 558 g/mol. The molecule has 1 saturated heterocycles. The molecule has 39 heavy (non-hydrogen) atoms. The first-order valence-corrected chi connectivity index (χ1v) is 15.0. The topological polar surface area (TPSA) is 112 Å². The van der Waals surface area contributed by atoms with Crippen LogP contribution in [-0.2, 0) is 21.7 Å². The number of H-pyrrole nitrogens is 1. The normalized spacial score (nSPS) is 32.1. The van der Waals surface area contributed by atoms with E-state index in [9.17, 15) is 18.3 Å². The molecule has 0 amide bonds. The highest BCUT2D eigenvalue weighted by molar-refractivity contribution is 7.92. The summed E-state index contributed by atoms with van der Waals surface area (Å²) in [5.74, 6) is -1.60. The summed E-state index contributed by atoms with van der Waals surface area (Å²) < 4.78 is 64.0. The van der Waals surface area contributed by atoms with Crippen molar-refractivity contribution in [3.8, 4) is 0 Å². The van der Waals surface area contributed by atoms with E-state index in [2.05, 4.69) is 10.3 Å². The Labute approximate surface area is 225 Å². The van der Waals surface area contributed by atoms with Crippen LogP contribution in [0.3, 0.4) is 0 Å². The molecule has 1 aromatic heterocycles. The fourth-order valence-electron chi connectivity index (χ4n) is 6.72. The molecule has 6 rings (SSSR count). The number of hydrogen-bond donors (Lipinski definition) is 3. The molecule has 3 aliphatic rings. The molecule has 0 bridgehead atoms. The maximum Gasteiger partial charge on any atom is 0.416 e. The van der Waals surface area contributed by atoms with E-state index in [1.807, 2.05) is 6.07 Å². The fraction of sp³-hybridized carbons (Fsp3) is 0.483. The van der Waals surface area contributed by atoms with Crippen LogP contribution in [0.2, 0.25) is 0 Å². The van der Waals surface area contributed by atoms with E-state index in [0.29, 0.717) is 17.9 Å². The molecule has 2 saturated carbocycles. The van der Waals surface area contributed by atoms with Gasteiger partial charge in [-0.15, -0.1) is 0 Å². The van der Waals surface area contributed by atoms with Gasteiger partial charge in [0.2, 0.25) is 0 Å². The predicted octanol–water partition coefficient (Wildman–Crippen LogP) is 3.92. The molecule has 2 aromatic carbocycles. The Bertz CT molecular complexity index is 1540. The van der Waals surface area contributed by atoms with Crippen LogP contribution < -0.4 is 11.1 Å². The Kier molecular flexibility index (Phi) is 6.35. The summed E-state index contributed by atoms with van der Waals surface area (Å²) in [7, 11) is -3.73. The third kappa shape index (κ3) is 4.66. The average molecular weight is 559 g/mol. The summed E-state index contributed by atoms with van der Waals surface area (Å²) in [6.07, 6.45) is 3.99. The van der Waals surface area contributed by atoms with Gasteiger partial charge in [0.25, 0.3) is 0 Å². The lowest BCUT2D eigenvalue weighted by atomic mass is 9.53. The molecule has 2 aliphatic carbocycles. The van der Waals surface area contributed by atoms with Crippen LogP contribution in [0.4, 0.5) is 8.78 Å². The molecule has 3 atom stereocenters. The molecule has 0 spiro atoms. The Morgan fingerprint density at radius 3 is 2.46 bits per heavy atom. The van der Waals surface area contributed by atoms with Gasteiger partial charge in [0.15, 0.2) is 9.84 Å². The van der Waals surface area contributed by atoms with E-state index < -0.39 is 54.8 Å². The maximum atomic E-state index is 15.8. The van der Waals surface area contributed by atoms with Gasteiger partial charge in [0.05, 0.1) is 21.5 Å². The maximum absolute atomic E-state index is 15.8. The third-order valence-electron chi connectivity index (χ3n) is 8.87. The highest BCUT2D eigenvalue weighted by Crippen LogP contribution is 2.58. The van der Waals surface area contributed by atoms with Crippen LogP contribution in [0, 0.1) is 17.6 Å². The number of rotatable bonds is 7. The molecule has 1 aliphatic heterocycles. The quantitative estimate of drug-likeness (QED) is 0.405. The predicted molar refractivity (Wildman–Crippen MR) is 141 cm³/mol. The van der Waals surface area contributed by atoms with Crippen molar-refractivity contribution in [2.75, 3.05) is 6.54 Å². The molecule has 10 heteroatoms. The van der Waals surface area contributed by atoms with Gasteiger partial charge in [0.1, 0.15) is 17.4 Å². The first kappa shape index (κ1) is 26.4. The van der Waals surface area contributed by atoms with Crippen molar-refractivity contribution in [1.29, 1.82) is 0 Å². The zero-order valence-corrected chi connectivity index (χ0v) is 22.4. The van der Waals surface area contributed by atoms with Crippen LogP contribution >= 0.6 is 0 Å². The molecule has 2 heterocycles.